The van der Waals surface area contributed by atoms with Gasteiger partial charge in [-0.25, -0.2) is 0 Å². The fraction of sp³-hybridized carbons (Fsp3) is 0.333. The lowest BCUT2D eigenvalue weighted by Gasteiger charge is -2.03. The van der Waals surface area contributed by atoms with Crippen molar-refractivity contribution in [3.63, 3.8) is 0 Å². The van der Waals surface area contributed by atoms with Crippen LogP contribution in [0.2, 0.25) is 0 Å². The average Bonchev–Trinajstić information content (AvgIpc) is 2.15. The lowest BCUT2D eigenvalue weighted by molar-refractivity contribution is 0.946. The normalized spacial score (nSPS) is 9.69. The van der Waals surface area contributed by atoms with Crippen LogP contribution in [0.3, 0.4) is 0 Å². The highest BCUT2D eigenvalue weighted by Crippen LogP contribution is 2.11. The molecule has 0 aromatic heterocycles. The molecule has 0 unspecified atom stereocenters. The second-order valence-electron chi connectivity index (χ2n) is 3.40. The number of nitrogens with one attached hydrogen (secondary N) is 1. The summed E-state index contributed by atoms with van der Waals surface area (Å²) < 4.78 is 0. The SMILES string of the molecule is C=C(C)CCc1ccc(NC)cc1. The van der Waals surface area contributed by atoms with Crippen LogP contribution in [-0.4, -0.2) is 7.05 Å². The molecule has 0 aliphatic heterocycles. The Morgan fingerprint density at radius 3 is 2.38 bits per heavy atom. The van der Waals surface area contributed by atoms with E-state index in [0.29, 0.717) is 0 Å². The average molecular weight is 175 g/mol. The predicted octanol–water partition coefficient (Wildman–Crippen LogP) is 3.24. The van der Waals surface area contributed by atoms with Crippen LogP contribution >= 0.6 is 0 Å². The van der Waals surface area contributed by atoms with Crippen molar-refractivity contribution in [3.8, 4) is 0 Å². The molecule has 0 spiro atoms. The van der Waals surface area contributed by atoms with Crippen LogP contribution in [0.1, 0.15) is 18.9 Å². The summed E-state index contributed by atoms with van der Waals surface area (Å²) in [4.78, 5) is 0. The van der Waals surface area contributed by atoms with E-state index >= 15 is 0 Å². The monoisotopic (exact) mass is 175 g/mol. The number of anilines is 1. The Bertz CT molecular complexity index is 272. The Hall–Kier alpha value is -1.24. The molecule has 0 fully saturated rings. The van der Waals surface area contributed by atoms with E-state index in [9.17, 15) is 0 Å². The van der Waals surface area contributed by atoms with Crippen molar-refractivity contribution in [1.82, 2.24) is 0 Å². The van der Waals surface area contributed by atoms with Crippen molar-refractivity contribution in [2.45, 2.75) is 19.8 Å². The first kappa shape index (κ1) is 9.85. The molecule has 1 rings (SSSR count). The van der Waals surface area contributed by atoms with Gasteiger partial charge in [-0.2, -0.15) is 0 Å². The summed E-state index contributed by atoms with van der Waals surface area (Å²) in [5.74, 6) is 0. The van der Waals surface area contributed by atoms with Gasteiger partial charge in [0, 0.05) is 12.7 Å². The molecule has 1 aromatic rings. The molecule has 0 saturated heterocycles. The van der Waals surface area contributed by atoms with Gasteiger partial charge in [0.05, 0.1) is 0 Å². The quantitative estimate of drug-likeness (QED) is 0.693. The zero-order valence-corrected chi connectivity index (χ0v) is 8.43. The maximum atomic E-state index is 3.89. The van der Waals surface area contributed by atoms with Crippen molar-refractivity contribution in [1.29, 1.82) is 0 Å². The smallest absolute Gasteiger partial charge is 0.0337 e. The van der Waals surface area contributed by atoms with E-state index in [1.54, 1.807) is 0 Å². The molecule has 13 heavy (non-hydrogen) atoms. The van der Waals surface area contributed by atoms with Crippen LogP contribution in [0.5, 0.6) is 0 Å². The first-order valence-corrected chi connectivity index (χ1v) is 4.63. The number of rotatable bonds is 4. The molecule has 1 nitrogen and oxygen atoms in total. The molecule has 1 N–H and O–H groups in total. The molecule has 1 aromatic carbocycles. The van der Waals surface area contributed by atoms with Gasteiger partial charge >= 0.3 is 0 Å². The maximum Gasteiger partial charge on any atom is 0.0337 e. The van der Waals surface area contributed by atoms with Crippen molar-refractivity contribution < 1.29 is 0 Å². The lowest BCUT2D eigenvalue weighted by Crippen LogP contribution is -1.89. The maximum absolute atomic E-state index is 3.89. The Labute approximate surface area is 80.5 Å². The van der Waals surface area contributed by atoms with Crippen LogP contribution in [0.4, 0.5) is 5.69 Å². The van der Waals surface area contributed by atoms with E-state index in [4.69, 9.17) is 0 Å². The van der Waals surface area contributed by atoms with Gasteiger partial charge in [0.25, 0.3) is 0 Å². The van der Waals surface area contributed by atoms with Gasteiger partial charge in [-0.15, -0.1) is 6.58 Å². The Kier molecular flexibility index (Phi) is 3.56. The molecule has 0 bridgehead atoms. The third kappa shape index (κ3) is 3.32. The summed E-state index contributed by atoms with van der Waals surface area (Å²) in [6.07, 6.45) is 2.18. The Morgan fingerprint density at radius 2 is 1.92 bits per heavy atom. The summed E-state index contributed by atoms with van der Waals surface area (Å²) in [7, 11) is 1.93. The molecule has 70 valence electrons. The van der Waals surface area contributed by atoms with E-state index in [-0.39, 0.29) is 0 Å². The first-order valence-electron chi connectivity index (χ1n) is 4.63. The summed E-state index contributed by atoms with van der Waals surface area (Å²) >= 11 is 0. The zero-order chi connectivity index (χ0) is 9.68. The second-order valence-corrected chi connectivity index (χ2v) is 3.40. The van der Waals surface area contributed by atoms with Crippen molar-refractivity contribution in [2.75, 3.05) is 12.4 Å². The molecule has 0 aliphatic rings. The van der Waals surface area contributed by atoms with Gasteiger partial charge in [-0.05, 0) is 37.5 Å². The molecule has 0 aliphatic carbocycles. The van der Waals surface area contributed by atoms with Crippen LogP contribution < -0.4 is 5.32 Å². The highest BCUT2D eigenvalue weighted by Gasteiger charge is 1.93. The Morgan fingerprint density at radius 1 is 1.31 bits per heavy atom. The molecular weight excluding hydrogens is 158 g/mol. The third-order valence-electron chi connectivity index (χ3n) is 2.08. The van der Waals surface area contributed by atoms with E-state index in [2.05, 4.69) is 43.1 Å². The molecule has 1 heteroatoms. The van der Waals surface area contributed by atoms with Gasteiger partial charge in [-0.3, -0.25) is 0 Å². The molecule has 0 amide bonds. The van der Waals surface area contributed by atoms with Crippen molar-refractivity contribution in [2.24, 2.45) is 0 Å². The predicted molar refractivity (Wildman–Crippen MR) is 59.1 cm³/mol. The van der Waals surface area contributed by atoms with E-state index in [0.717, 1.165) is 12.8 Å². The molecule has 0 saturated carbocycles. The highest BCUT2D eigenvalue weighted by atomic mass is 14.8. The van der Waals surface area contributed by atoms with Crippen LogP contribution in [0.25, 0.3) is 0 Å². The number of allylic oxidation sites excluding steroid dienone is 1. The summed E-state index contributed by atoms with van der Waals surface area (Å²) in [6.45, 7) is 5.96. The fourth-order valence-electron chi connectivity index (χ4n) is 1.20. The number of hydrogen-bond donors (Lipinski definition) is 1. The summed E-state index contributed by atoms with van der Waals surface area (Å²) in [6, 6.07) is 8.53. The number of hydrogen-bond acceptors (Lipinski definition) is 1. The largest absolute Gasteiger partial charge is 0.388 e. The van der Waals surface area contributed by atoms with Gasteiger partial charge in [0.2, 0.25) is 0 Å². The minimum atomic E-state index is 1.08. The topological polar surface area (TPSA) is 12.0 Å². The minimum Gasteiger partial charge on any atom is -0.388 e. The lowest BCUT2D eigenvalue weighted by atomic mass is 10.1. The van der Waals surface area contributed by atoms with E-state index < -0.39 is 0 Å². The van der Waals surface area contributed by atoms with Crippen molar-refractivity contribution in [3.05, 3.63) is 42.0 Å². The van der Waals surface area contributed by atoms with Gasteiger partial charge in [0.15, 0.2) is 0 Å². The second kappa shape index (κ2) is 4.70. The zero-order valence-electron chi connectivity index (χ0n) is 8.43. The molecule has 0 heterocycles. The molecular formula is C12H17N. The van der Waals surface area contributed by atoms with Crippen LogP contribution in [0, 0.1) is 0 Å². The number of benzene rings is 1. The Balaban J connectivity index is 2.54. The molecule has 0 radical (unpaired) electrons. The van der Waals surface area contributed by atoms with Crippen LogP contribution in [0.15, 0.2) is 36.4 Å². The van der Waals surface area contributed by atoms with Gasteiger partial charge < -0.3 is 5.32 Å². The minimum absolute atomic E-state index is 1.08. The summed E-state index contributed by atoms with van der Waals surface area (Å²) in [5, 5.41) is 3.10. The van der Waals surface area contributed by atoms with Crippen LogP contribution in [-0.2, 0) is 6.42 Å². The first-order chi connectivity index (χ1) is 6.22. The van der Waals surface area contributed by atoms with Gasteiger partial charge in [-0.1, -0.05) is 17.7 Å². The fourth-order valence-corrected chi connectivity index (χ4v) is 1.20. The third-order valence-corrected chi connectivity index (χ3v) is 2.08. The summed E-state index contributed by atoms with van der Waals surface area (Å²) in [5.41, 5.74) is 3.79. The highest BCUT2D eigenvalue weighted by molar-refractivity contribution is 5.43. The van der Waals surface area contributed by atoms with E-state index in [1.165, 1.54) is 16.8 Å². The van der Waals surface area contributed by atoms with Crippen molar-refractivity contribution >= 4 is 5.69 Å². The molecule has 0 atom stereocenters. The number of aryl methyl sites for hydroxylation is 1. The van der Waals surface area contributed by atoms with Gasteiger partial charge in [0.1, 0.15) is 0 Å². The van der Waals surface area contributed by atoms with E-state index in [1.807, 2.05) is 7.05 Å². The standard InChI is InChI=1S/C12H17N/c1-10(2)4-5-11-6-8-12(13-3)9-7-11/h6-9,13H,1,4-5H2,2-3H3.